The van der Waals surface area contributed by atoms with Crippen molar-refractivity contribution in [3.63, 3.8) is 0 Å². The summed E-state index contributed by atoms with van der Waals surface area (Å²) in [4.78, 5) is 21.0. The molecule has 3 aromatic rings. The maximum absolute atomic E-state index is 14.6. The van der Waals surface area contributed by atoms with E-state index in [1.54, 1.807) is 63.4 Å². The molecule has 0 aliphatic carbocycles. The number of hydrogen-bond acceptors (Lipinski definition) is 4. The van der Waals surface area contributed by atoms with Crippen LogP contribution < -0.4 is 9.47 Å². The number of halogens is 1. The van der Waals surface area contributed by atoms with Crippen LogP contribution in [0.25, 0.3) is 22.3 Å². The summed E-state index contributed by atoms with van der Waals surface area (Å²) in [5.41, 5.74) is 3.77. The molecular formula is C27H25FO4. The third-order valence-electron chi connectivity index (χ3n) is 4.32. The van der Waals surface area contributed by atoms with Crippen molar-refractivity contribution in [2.24, 2.45) is 0 Å². The lowest BCUT2D eigenvalue weighted by atomic mass is 9.99. The van der Waals surface area contributed by atoms with Crippen LogP contribution in [0.15, 0.2) is 91.0 Å². The van der Waals surface area contributed by atoms with Crippen LogP contribution in [0.2, 0.25) is 0 Å². The number of ether oxygens (including phenoxy) is 2. The summed E-state index contributed by atoms with van der Waals surface area (Å²) in [5, 5.41) is 0. The minimum atomic E-state index is -0.474. The van der Waals surface area contributed by atoms with Crippen molar-refractivity contribution >= 4 is 12.3 Å². The van der Waals surface area contributed by atoms with Crippen molar-refractivity contribution < 1.29 is 23.5 Å². The number of rotatable bonds is 6. The second-order valence-corrected chi connectivity index (χ2v) is 7.08. The van der Waals surface area contributed by atoms with Gasteiger partial charge >= 0.3 is 5.97 Å². The molecule has 0 saturated heterocycles. The van der Waals surface area contributed by atoms with E-state index in [0.717, 1.165) is 28.7 Å². The highest BCUT2D eigenvalue weighted by atomic mass is 19.1. The molecule has 0 radical (unpaired) electrons. The van der Waals surface area contributed by atoms with Crippen LogP contribution in [0, 0.1) is 5.82 Å². The predicted molar refractivity (Wildman–Crippen MR) is 125 cm³/mol. The molecule has 0 saturated carbocycles. The van der Waals surface area contributed by atoms with Crippen molar-refractivity contribution in [3.05, 3.63) is 96.9 Å². The van der Waals surface area contributed by atoms with Gasteiger partial charge < -0.3 is 9.47 Å². The molecule has 32 heavy (non-hydrogen) atoms. The van der Waals surface area contributed by atoms with Crippen LogP contribution in [-0.4, -0.2) is 19.4 Å². The second-order valence-electron chi connectivity index (χ2n) is 7.08. The van der Waals surface area contributed by atoms with Crippen molar-refractivity contribution in [1.82, 2.24) is 0 Å². The molecule has 0 amide bonds. The lowest BCUT2D eigenvalue weighted by molar-refractivity contribution is -0.130. The van der Waals surface area contributed by atoms with E-state index in [1.165, 1.54) is 6.07 Å². The predicted octanol–water partition coefficient (Wildman–Crippen LogP) is 6.41. The highest BCUT2D eigenvalue weighted by Crippen LogP contribution is 2.30. The molecule has 5 heteroatoms. The van der Waals surface area contributed by atoms with Gasteiger partial charge in [0.15, 0.2) is 0 Å². The van der Waals surface area contributed by atoms with Gasteiger partial charge in [-0.05, 0) is 66.4 Å². The molecule has 0 heterocycles. The van der Waals surface area contributed by atoms with Gasteiger partial charge in [0.05, 0.1) is 7.11 Å². The average molecular weight is 432 g/mol. The van der Waals surface area contributed by atoms with Crippen LogP contribution in [0.3, 0.4) is 0 Å². The van der Waals surface area contributed by atoms with E-state index in [2.05, 4.69) is 13.2 Å². The van der Waals surface area contributed by atoms with Gasteiger partial charge in [-0.1, -0.05) is 49.6 Å². The summed E-state index contributed by atoms with van der Waals surface area (Å²) < 4.78 is 24.9. The standard InChI is InChI=1S/C23H19FO3.C4H6O/c1-15(2)23(25)27-20-11-4-16(5-12-20)18-8-13-21(22(24)14-18)17-6-9-19(26-3)10-7-17;1-4(2)3-5/h4-14H,1H2,2-3H3;3H,1H2,2H3. The molecule has 0 aromatic heterocycles. The van der Waals surface area contributed by atoms with Crippen LogP contribution in [-0.2, 0) is 9.59 Å². The number of carbonyl (C=O) groups excluding carboxylic acids is 2. The zero-order chi connectivity index (χ0) is 23.7. The topological polar surface area (TPSA) is 52.6 Å². The summed E-state index contributed by atoms with van der Waals surface area (Å²) in [6.45, 7) is 10.1. The van der Waals surface area contributed by atoms with Crippen molar-refractivity contribution in [2.45, 2.75) is 13.8 Å². The third-order valence-corrected chi connectivity index (χ3v) is 4.32. The Morgan fingerprint density at radius 2 is 1.34 bits per heavy atom. The number of allylic oxidation sites excluding steroid dienone is 1. The highest BCUT2D eigenvalue weighted by Gasteiger charge is 2.09. The fourth-order valence-electron chi connectivity index (χ4n) is 2.61. The smallest absolute Gasteiger partial charge is 0.338 e. The largest absolute Gasteiger partial charge is 0.497 e. The van der Waals surface area contributed by atoms with Gasteiger partial charge in [0.1, 0.15) is 23.6 Å². The Bertz CT molecular complexity index is 1110. The molecule has 0 fully saturated rings. The van der Waals surface area contributed by atoms with Crippen molar-refractivity contribution in [1.29, 1.82) is 0 Å². The van der Waals surface area contributed by atoms with Crippen LogP contribution in [0.5, 0.6) is 11.5 Å². The monoisotopic (exact) mass is 432 g/mol. The Hall–Kier alpha value is -3.99. The van der Waals surface area contributed by atoms with E-state index in [9.17, 15) is 14.0 Å². The molecule has 0 spiro atoms. The number of carbonyl (C=O) groups is 2. The fraction of sp³-hybridized carbons (Fsp3) is 0.111. The lowest BCUT2D eigenvalue weighted by Crippen LogP contribution is -2.07. The first kappa shape index (κ1) is 24.3. The van der Waals surface area contributed by atoms with Gasteiger partial charge in [-0.15, -0.1) is 0 Å². The molecule has 0 N–H and O–H groups in total. The number of esters is 1. The van der Waals surface area contributed by atoms with Crippen molar-refractivity contribution in [2.75, 3.05) is 7.11 Å². The summed E-state index contributed by atoms with van der Waals surface area (Å²) in [6, 6.07) is 19.3. The Balaban J connectivity index is 0.000000654. The van der Waals surface area contributed by atoms with E-state index in [1.807, 2.05) is 18.2 Å². The number of hydrogen-bond donors (Lipinski definition) is 0. The van der Waals surface area contributed by atoms with Crippen LogP contribution in [0.4, 0.5) is 4.39 Å². The minimum absolute atomic E-state index is 0.310. The quantitative estimate of drug-likeness (QED) is 0.195. The molecule has 164 valence electrons. The molecule has 0 unspecified atom stereocenters. The summed E-state index contributed by atoms with van der Waals surface area (Å²) in [7, 11) is 1.59. The second kappa shape index (κ2) is 11.4. The van der Waals surface area contributed by atoms with E-state index in [-0.39, 0.29) is 5.82 Å². The molecule has 0 aliphatic rings. The first-order valence-corrected chi connectivity index (χ1v) is 9.78. The summed E-state index contributed by atoms with van der Waals surface area (Å²) in [6.07, 6.45) is 0.722. The number of benzene rings is 3. The molecular weight excluding hydrogens is 407 g/mol. The third kappa shape index (κ3) is 6.77. The number of methoxy groups -OCH3 is 1. The summed E-state index contributed by atoms with van der Waals surface area (Å²) >= 11 is 0. The molecule has 3 rings (SSSR count). The van der Waals surface area contributed by atoms with Crippen molar-refractivity contribution in [3.8, 4) is 33.8 Å². The molecule has 0 aliphatic heterocycles. The normalized spacial score (nSPS) is 9.75. The van der Waals surface area contributed by atoms with Gasteiger partial charge in [-0.25, -0.2) is 9.18 Å². The zero-order valence-corrected chi connectivity index (χ0v) is 18.4. The van der Waals surface area contributed by atoms with Gasteiger partial charge in [-0.3, -0.25) is 4.79 Å². The van der Waals surface area contributed by atoms with E-state index in [0.29, 0.717) is 22.5 Å². The van der Waals surface area contributed by atoms with Gasteiger partial charge in [0.25, 0.3) is 0 Å². The number of aldehydes is 1. The lowest BCUT2D eigenvalue weighted by Gasteiger charge is -2.09. The summed E-state index contributed by atoms with van der Waals surface area (Å²) in [5.74, 6) is 0.360. The van der Waals surface area contributed by atoms with E-state index < -0.39 is 5.97 Å². The molecule has 3 aromatic carbocycles. The Morgan fingerprint density at radius 1 is 0.844 bits per heavy atom. The zero-order valence-electron chi connectivity index (χ0n) is 18.4. The average Bonchev–Trinajstić information content (AvgIpc) is 2.80. The van der Waals surface area contributed by atoms with E-state index in [4.69, 9.17) is 9.47 Å². The molecule has 0 atom stereocenters. The first-order chi connectivity index (χ1) is 15.2. The van der Waals surface area contributed by atoms with Crippen LogP contribution >= 0.6 is 0 Å². The van der Waals surface area contributed by atoms with Crippen LogP contribution in [0.1, 0.15) is 13.8 Å². The van der Waals surface area contributed by atoms with Gasteiger partial charge in [0.2, 0.25) is 0 Å². The Kier molecular flexibility index (Phi) is 8.66. The van der Waals surface area contributed by atoms with E-state index >= 15 is 0 Å². The SMILES string of the molecule is C=C(C)C(=O)Oc1ccc(-c2ccc(-c3ccc(OC)cc3)c(F)c2)cc1.C=C(C)C=O. The maximum atomic E-state index is 14.6. The molecule has 0 bridgehead atoms. The maximum Gasteiger partial charge on any atom is 0.338 e. The Morgan fingerprint density at radius 3 is 1.81 bits per heavy atom. The van der Waals surface area contributed by atoms with Gasteiger partial charge in [0, 0.05) is 11.1 Å². The fourth-order valence-corrected chi connectivity index (χ4v) is 2.61. The Labute approximate surface area is 187 Å². The minimum Gasteiger partial charge on any atom is -0.497 e. The molecule has 4 nitrogen and oxygen atoms in total. The first-order valence-electron chi connectivity index (χ1n) is 9.78. The van der Waals surface area contributed by atoms with Gasteiger partial charge in [-0.2, -0.15) is 0 Å². The highest BCUT2D eigenvalue weighted by molar-refractivity contribution is 5.88.